The summed E-state index contributed by atoms with van der Waals surface area (Å²) in [5, 5.41) is 0. The average molecular weight is 203 g/mol. The van der Waals surface area contributed by atoms with Crippen LogP contribution in [0.5, 0.6) is 11.5 Å². The van der Waals surface area contributed by atoms with Gasteiger partial charge >= 0.3 is 0 Å². The van der Waals surface area contributed by atoms with Gasteiger partial charge in [-0.05, 0) is 12.8 Å². The van der Waals surface area contributed by atoms with Crippen LogP contribution in [0.15, 0.2) is 12.4 Å². The fraction of sp³-hybridized carbons (Fsp3) is 0.417. The monoisotopic (exact) mass is 203 g/mol. The van der Waals surface area contributed by atoms with Crippen molar-refractivity contribution < 1.29 is 9.47 Å². The fourth-order valence-corrected chi connectivity index (χ4v) is 1.80. The zero-order chi connectivity index (χ0) is 10.9. The van der Waals surface area contributed by atoms with E-state index in [9.17, 15) is 0 Å². The van der Waals surface area contributed by atoms with Crippen molar-refractivity contribution in [2.24, 2.45) is 0 Å². The van der Waals surface area contributed by atoms with E-state index >= 15 is 0 Å². The van der Waals surface area contributed by atoms with Crippen molar-refractivity contribution in [3.8, 4) is 23.8 Å². The van der Waals surface area contributed by atoms with E-state index in [2.05, 4.69) is 10.9 Å². The summed E-state index contributed by atoms with van der Waals surface area (Å²) in [4.78, 5) is 4.04. The van der Waals surface area contributed by atoms with Gasteiger partial charge in [-0.3, -0.25) is 4.98 Å². The van der Waals surface area contributed by atoms with Gasteiger partial charge in [0.15, 0.2) is 0 Å². The van der Waals surface area contributed by atoms with Gasteiger partial charge in [0.2, 0.25) is 0 Å². The molecule has 15 heavy (non-hydrogen) atoms. The van der Waals surface area contributed by atoms with Crippen molar-refractivity contribution in [2.45, 2.75) is 18.3 Å². The van der Waals surface area contributed by atoms with Crippen LogP contribution in [0, 0.1) is 12.3 Å². The fourth-order valence-electron chi connectivity index (χ4n) is 1.80. The minimum absolute atomic E-state index is 0.195. The Morgan fingerprint density at radius 3 is 2.13 bits per heavy atom. The van der Waals surface area contributed by atoms with Crippen molar-refractivity contribution in [3.05, 3.63) is 18.0 Å². The molecule has 0 atom stereocenters. The van der Waals surface area contributed by atoms with Crippen molar-refractivity contribution in [1.82, 2.24) is 4.98 Å². The number of hydrogen-bond acceptors (Lipinski definition) is 3. The molecule has 1 saturated carbocycles. The maximum absolute atomic E-state index is 5.57. The number of methoxy groups -OCH3 is 2. The van der Waals surface area contributed by atoms with Crippen LogP contribution >= 0.6 is 0 Å². The first-order valence-corrected chi connectivity index (χ1v) is 4.81. The van der Waals surface area contributed by atoms with Gasteiger partial charge < -0.3 is 9.47 Å². The maximum Gasteiger partial charge on any atom is 0.145 e. The first kappa shape index (κ1) is 9.85. The van der Waals surface area contributed by atoms with E-state index in [1.54, 1.807) is 26.6 Å². The van der Waals surface area contributed by atoms with Crippen molar-refractivity contribution in [3.63, 3.8) is 0 Å². The van der Waals surface area contributed by atoms with E-state index in [4.69, 9.17) is 15.9 Å². The van der Waals surface area contributed by atoms with Crippen LogP contribution in [-0.4, -0.2) is 19.2 Å². The van der Waals surface area contributed by atoms with E-state index in [0.29, 0.717) is 11.5 Å². The number of ether oxygens (including phenoxy) is 2. The number of hydrogen-bond donors (Lipinski definition) is 0. The lowest BCUT2D eigenvalue weighted by Gasteiger charge is -2.16. The van der Waals surface area contributed by atoms with E-state index in [0.717, 1.165) is 18.4 Å². The molecule has 1 aromatic rings. The highest BCUT2D eigenvalue weighted by atomic mass is 16.5. The first-order chi connectivity index (χ1) is 7.27. The zero-order valence-electron chi connectivity index (χ0n) is 8.91. The van der Waals surface area contributed by atoms with Gasteiger partial charge in [0.25, 0.3) is 0 Å². The van der Waals surface area contributed by atoms with Crippen LogP contribution in [0.25, 0.3) is 0 Å². The molecule has 3 nitrogen and oxygen atoms in total. The van der Waals surface area contributed by atoms with Crippen LogP contribution in [0.4, 0.5) is 0 Å². The Morgan fingerprint density at radius 2 is 1.80 bits per heavy atom. The zero-order valence-corrected chi connectivity index (χ0v) is 8.91. The Kier molecular flexibility index (Phi) is 2.28. The van der Waals surface area contributed by atoms with Crippen molar-refractivity contribution in [2.75, 3.05) is 14.2 Å². The molecule has 0 aromatic carbocycles. The number of aromatic nitrogens is 1. The summed E-state index contributed by atoms with van der Waals surface area (Å²) in [6, 6.07) is 0. The third kappa shape index (κ3) is 1.42. The average Bonchev–Trinajstić information content (AvgIpc) is 3.08. The number of terminal acetylenes is 1. The molecule has 1 aliphatic carbocycles. The van der Waals surface area contributed by atoms with Gasteiger partial charge in [0.05, 0.1) is 37.6 Å². The number of rotatable bonds is 3. The molecule has 1 aliphatic rings. The standard InChI is InChI=1S/C12H13NO2/c1-4-12(5-6-12)11-9(14-2)7-13-8-10(11)15-3/h1,7-8H,5-6H2,2-3H3. The molecule has 2 rings (SSSR count). The van der Waals surface area contributed by atoms with E-state index in [1.807, 2.05) is 0 Å². The highest BCUT2D eigenvalue weighted by Crippen LogP contribution is 2.53. The summed E-state index contributed by atoms with van der Waals surface area (Å²) < 4.78 is 10.6. The largest absolute Gasteiger partial charge is 0.495 e. The summed E-state index contributed by atoms with van der Waals surface area (Å²) >= 11 is 0. The molecule has 0 unspecified atom stereocenters. The molecular weight excluding hydrogens is 190 g/mol. The SMILES string of the molecule is C#CC1(c2c(OC)cncc2OC)CC1. The lowest BCUT2D eigenvalue weighted by molar-refractivity contribution is 0.378. The van der Waals surface area contributed by atoms with Crippen LogP contribution in [-0.2, 0) is 5.41 Å². The summed E-state index contributed by atoms with van der Waals surface area (Å²) in [7, 11) is 3.24. The topological polar surface area (TPSA) is 31.4 Å². The van der Waals surface area contributed by atoms with Crippen LogP contribution in [0.3, 0.4) is 0 Å². The van der Waals surface area contributed by atoms with Gasteiger partial charge in [-0.2, -0.15) is 0 Å². The minimum Gasteiger partial charge on any atom is -0.495 e. The van der Waals surface area contributed by atoms with Crippen molar-refractivity contribution in [1.29, 1.82) is 0 Å². The molecule has 0 saturated heterocycles. The summed E-state index contributed by atoms with van der Waals surface area (Å²) in [6.45, 7) is 0. The van der Waals surface area contributed by atoms with Gasteiger partial charge in [-0.25, -0.2) is 0 Å². The molecule has 3 heteroatoms. The summed E-state index contributed by atoms with van der Waals surface area (Å²) in [5.74, 6) is 4.26. The predicted octanol–water partition coefficient (Wildman–Crippen LogP) is 1.76. The molecule has 0 spiro atoms. The van der Waals surface area contributed by atoms with E-state index < -0.39 is 0 Å². The minimum atomic E-state index is -0.195. The van der Waals surface area contributed by atoms with E-state index in [1.165, 1.54) is 0 Å². The lowest BCUT2D eigenvalue weighted by atomic mass is 9.96. The highest BCUT2D eigenvalue weighted by Gasteiger charge is 2.47. The first-order valence-electron chi connectivity index (χ1n) is 4.81. The predicted molar refractivity (Wildman–Crippen MR) is 57.1 cm³/mol. The lowest BCUT2D eigenvalue weighted by Crippen LogP contribution is -2.08. The second kappa shape index (κ2) is 3.47. The third-order valence-corrected chi connectivity index (χ3v) is 2.82. The van der Waals surface area contributed by atoms with Crippen LogP contribution in [0.2, 0.25) is 0 Å². The normalized spacial score (nSPS) is 16.6. The second-order valence-corrected chi connectivity index (χ2v) is 3.65. The Morgan fingerprint density at radius 1 is 1.27 bits per heavy atom. The summed E-state index contributed by atoms with van der Waals surface area (Å²) in [5.41, 5.74) is 0.768. The van der Waals surface area contributed by atoms with E-state index in [-0.39, 0.29) is 5.41 Å². The molecular formula is C12H13NO2. The molecule has 1 fully saturated rings. The molecule has 0 N–H and O–H groups in total. The Bertz CT molecular complexity index is 394. The molecule has 0 radical (unpaired) electrons. The third-order valence-electron chi connectivity index (χ3n) is 2.82. The molecule has 1 aromatic heterocycles. The van der Waals surface area contributed by atoms with Gasteiger partial charge in [0.1, 0.15) is 11.5 Å². The van der Waals surface area contributed by atoms with Gasteiger partial charge in [-0.15, -0.1) is 6.42 Å². The van der Waals surface area contributed by atoms with Crippen LogP contribution in [0.1, 0.15) is 18.4 Å². The van der Waals surface area contributed by atoms with Gasteiger partial charge in [0, 0.05) is 0 Å². The highest BCUT2D eigenvalue weighted by molar-refractivity contribution is 5.55. The van der Waals surface area contributed by atoms with Gasteiger partial charge in [-0.1, -0.05) is 5.92 Å². The number of pyridine rings is 1. The molecule has 78 valence electrons. The van der Waals surface area contributed by atoms with Crippen LogP contribution < -0.4 is 9.47 Å². The quantitative estimate of drug-likeness (QED) is 0.701. The molecule has 0 amide bonds. The maximum atomic E-state index is 5.57. The Hall–Kier alpha value is -1.69. The Balaban J connectivity index is 2.57. The Labute approximate surface area is 89.4 Å². The molecule has 0 bridgehead atoms. The van der Waals surface area contributed by atoms with Crippen molar-refractivity contribution >= 4 is 0 Å². The number of nitrogens with zero attached hydrogens (tertiary/aromatic N) is 1. The molecule has 1 heterocycles. The molecule has 0 aliphatic heterocycles. The summed E-state index contributed by atoms with van der Waals surface area (Å²) in [6.07, 6.45) is 10.9. The second-order valence-electron chi connectivity index (χ2n) is 3.65. The smallest absolute Gasteiger partial charge is 0.145 e.